The fraction of sp³-hybridized carbons (Fsp3) is 0.838. The molecule has 1 aromatic heterocycles. The van der Waals surface area contributed by atoms with Crippen LogP contribution in [0.15, 0.2) is 36.8 Å². The van der Waals surface area contributed by atoms with Gasteiger partial charge in [-0.3, -0.25) is 10.2 Å². The van der Waals surface area contributed by atoms with Crippen molar-refractivity contribution in [1.82, 2.24) is 9.97 Å². The highest BCUT2D eigenvalue weighted by atomic mass is 32.2. The van der Waals surface area contributed by atoms with Crippen LogP contribution in [0.2, 0.25) is 0 Å². The highest BCUT2D eigenvalue weighted by Crippen LogP contribution is 2.14. The average molecular weight is 1250 g/mol. The number of benzene rings is 1. The van der Waals surface area contributed by atoms with Crippen LogP contribution in [0, 0.1) is 82.3 Å². The lowest BCUT2D eigenvalue weighted by Crippen LogP contribution is -2.11. The number of aliphatic hydroxyl groups excluding tert-OH is 2. The molecule has 0 spiro atoms. The number of aliphatic hydroxyl groups is 2. The van der Waals surface area contributed by atoms with Gasteiger partial charge in [-0.25, -0.2) is 4.98 Å². The molecule has 0 bridgehead atoms. The number of carboxylic acids is 1. The van der Waals surface area contributed by atoms with Crippen LogP contribution in [0.1, 0.15) is 306 Å². The zero-order valence-electron chi connectivity index (χ0n) is 61.8. The molecule has 2 rings (SSSR count). The Labute approximate surface area is 547 Å². The SMILES string of the molecule is C.C.C.CC(=O)CC(C)C.CC(C)C.CC(C)C(C)C.CC(C)C(C)O.CC(C)CC(=N)N.CC(C)CC(=O)O.CC(C)CN.CC(C)CO.CC(C)Cc1ccc(O)cc1.CC(C)c1cnc[nH]1.CCC.CCC(C)C(C)C.CSCCC(C)C. The molecule has 0 amide bonds. The fourth-order valence-electron chi connectivity index (χ4n) is 3.87. The van der Waals surface area contributed by atoms with Crippen LogP contribution in [0.3, 0.4) is 0 Å². The summed E-state index contributed by atoms with van der Waals surface area (Å²) >= 11 is 1.93. The van der Waals surface area contributed by atoms with Crippen molar-refractivity contribution in [2.75, 3.05) is 25.2 Å². The zero-order valence-corrected chi connectivity index (χ0v) is 62.6. The Balaban J connectivity index is -0.0000000548. The number of nitrogens with two attached hydrogens (primary N) is 2. The maximum Gasteiger partial charge on any atom is 0.303 e. The molecule has 0 aliphatic rings. The van der Waals surface area contributed by atoms with E-state index in [0.29, 0.717) is 53.8 Å². The summed E-state index contributed by atoms with van der Waals surface area (Å²) in [4.78, 5) is 27.0. The molecule has 1 heterocycles. The number of aromatic nitrogens is 2. The molecule has 0 aliphatic carbocycles. The monoisotopic (exact) mass is 1250 g/mol. The number of imidazole rings is 1. The minimum absolute atomic E-state index is 0. The van der Waals surface area contributed by atoms with Gasteiger partial charge in [0, 0.05) is 37.8 Å². The number of aromatic amines is 1. The van der Waals surface area contributed by atoms with Crippen LogP contribution in [0.4, 0.5) is 0 Å². The van der Waals surface area contributed by atoms with Gasteiger partial charge in [0.15, 0.2) is 0 Å². The third kappa shape index (κ3) is 165. The summed E-state index contributed by atoms with van der Waals surface area (Å²) in [6, 6.07) is 7.40. The number of hydrogen-bond donors (Lipinski definition) is 8. The Bertz CT molecular complexity index is 1410. The van der Waals surface area contributed by atoms with Crippen molar-refractivity contribution in [3.63, 3.8) is 0 Å². The predicted molar refractivity (Wildman–Crippen MR) is 399 cm³/mol. The van der Waals surface area contributed by atoms with E-state index in [9.17, 15) is 9.59 Å². The van der Waals surface area contributed by atoms with E-state index in [2.05, 4.69) is 162 Å². The van der Waals surface area contributed by atoms with E-state index in [-0.39, 0.29) is 52.3 Å². The molecule has 1 aromatic carbocycles. The van der Waals surface area contributed by atoms with E-state index in [1.807, 2.05) is 99.3 Å². The number of H-pyrrole nitrogens is 1. The summed E-state index contributed by atoms with van der Waals surface area (Å²) in [5.41, 5.74) is 12.7. The van der Waals surface area contributed by atoms with Gasteiger partial charge >= 0.3 is 5.97 Å². The Morgan fingerprint density at radius 2 is 0.953 bits per heavy atom. The molecule has 2 unspecified atom stereocenters. The number of carbonyl (C=O) groups excluding carboxylic acids is 1. The second kappa shape index (κ2) is 86.3. The zero-order chi connectivity index (χ0) is 68.6. The van der Waals surface area contributed by atoms with Crippen LogP contribution in [-0.4, -0.2) is 79.2 Å². The maximum absolute atomic E-state index is 10.3. The molecule has 2 atom stereocenters. The lowest BCUT2D eigenvalue weighted by atomic mass is 9.96. The predicted octanol–water partition coefficient (Wildman–Crippen LogP) is 22.5. The summed E-state index contributed by atoms with van der Waals surface area (Å²) in [5, 5.41) is 40.7. The Kier molecular flexibility index (Phi) is 118. The van der Waals surface area contributed by atoms with Crippen molar-refractivity contribution in [3.05, 3.63) is 48.0 Å². The first kappa shape index (κ1) is 117. The second-order valence-electron chi connectivity index (χ2n) is 26.8. The summed E-state index contributed by atoms with van der Waals surface area (Å²) in [6.45, 7) is 70.5. The second-order valence-corrected chi connectivity index (χ2v) is 27.7. The van der Waals surface area contributed by atoms with Crippen molar-refractivity contribution in [2.24, 2.45) is 88.4 Å². The van der Waals surface area contributed by atoms with E-state index in [1.165, 1.54) is 36.3 Å². The fourth-order valence-corrected chi connectivity index (χ4v) is 4.58. The van der Waals surface area contributed by atoms with Crippen LogP contribution in [-0.2, 0) is 16.0 Å². The first-order chi connectivity index (χ1) is 37.8. The van der Waals surface area contributed by atoms with E-state index in [1.54, 1.807) is 32.3 Å². The topological polar surface area (TPSA) is 220 Å². The van der Waals surface area contributed by atoms with Crippen molar-refractivity contribution in [3.8, 4) is 5.75 Å². The van der Waals surface area contributed by atoms with Gasteiger partial charge in [0.2, 0.25) is 0 Å². The number of amidine groups is 1. The minimum atomic E-state index is -0.713. The summed E-state index contributed by atoms with van der Waals surface area (Å²) in [6.07, 6.45) is 12.3. The van der Waals surface area contributed by atoms with Crippen molar-refractivity contribution < 1.29 is 30.0 Å². The first-order valence-corrected chi connectivity index (χ1v) is 33.5. The quantitative estimate of drug-likeness (QED) is 0.0521. The molecule has 11 nitrogen and oxygen atoms in total. The average Bonchev–Trinajstić information content (AvgIpc) is 3.88. The number of thioether (sulfide) groups is 1. The highest BCUT2D eigenvalue weighted by Gasteiger charge is 2.02. The largest absolute Gasteiger partial charge is 0.508 e. The molecular weight excluding hydrogens is 1090 g/mol. The number of nitrogens with zero attached hydrogens (tertiary/aromatic N) is 1. The summed E-state index contributed by atoms with van der Waals surface area (Å²) in [7, 11) is 0. The maximum atomic E-state index is 10.3. The number of carboxylic acid groups (broad SMARTS) is 1. The third-order valence-corrected chi connectivity index (χ3v) is 11.1. The Morgan fingerprint density at radius 3 is 1.05 bits per heavy atom. The van der Waals surface area contributed by atoms with E-state index in [0.717, 1.165) is 61.3 Å². The van der Waals surface area contributed by atoms with Gasteiger partial charge in [0.25, 0.3) is 0 Å². The number of aromatic hydroxyl groups is 1. The van der Waals surface area contributed by atoms with Gasteiger partial charge in [-0.2, -0.15) is 11.8 Å². The lowest BCUT2D eigenvalue weighted by molar-refractivity contribution is -0.137. The van der Waals surface area contributed by atoms with Crippen LogP contribution in [0.5, 0.6) is 5.75 Å². The van der Waals surface area contributed by atoms with Gasteiger partial charge in [-0.15, -0.1) is 0 Å². The molecule has 0 aliphatic heterocycles. The highest BCUT2D eigenvalue weighted by molar-refractivity contribution is 7.98. The van der Waals surface area contributed by atoms with Crippen LogP contribution in [0.25, 0.3) is 0 Å². The molecule has 2 aromatic rings. The normalized spacial score (nSPS) is 10.3. The summed E-state index contributed by atoms with van der Waals surface area (Å²) in [5.74, 6) is 10.8. The van der Waals surface area contributed by atoms with E-state index in [4.69, 9.17) is 37.3 Å². The number of aliphatic carboxylic acids is 1. The summed E-state index contributed by atoms with van der Waals surface area (Å²) < 4.78 is 0. The number of phenolic OH excluding ortho intramolecular Hbond substituents is 1. The molecule has 86 heavy (non-hydrogen) atoms. The van der Waals surface area contributed by atoms with Gasteiger partial charge in [0.1, 0.15) is 11.5 Å². The number of Topliss-reactive ketones (excluding diaryl/α,β-unsaturated/α-hetero) is 1. The number of carbonyl (C=O) groups is 2. The molecule has 0 saturated carbocycles. The third-order valence-electron chi connectivity index (χ3n) is 10.4. The van der Waals surface area contributed by atoms with Gasteiger partial charge < -0.3 is 41.7 Å². The molecule has 0 saturated heterocycles. The van der Waals surface area contributed by atoms with E-state index >= 15 is 0 Å². The molecule has 12 heteroatoms. The molecular formula is C74H165N5O6S. The van der Waals surface area contributed by atoms with Gasteiger partial charge in [-0.1, -0.05) is 262 Å². The molecule has 10 N–H and O–H groups in total. The number of phenols is 1. The van der Waals surface area contributed by atoms with Crippen LogP contribution < -0.4 is 11.5 Å². The number of hydrogen-bond acceptors (Lipinski definition) is 9. The van der Waals surface area contributed by atoms with E-state index < -0.39 is 5.97 Å². The Hall–Kier alpha value is -2.93. The number of nitrogens with one attached hydrogen (secondary N) is 2. The smallest absolute Gasteiger partial charge is 0.303 e. The van der Waals surface area contributed by atoms with Gasteiger partial charge in [0.05, 0.1) is 18.3 Å². The van der Waals surface area contributed by atoms with Crippen molar-refractivity contribution in [2.45, 2.75) is 308 Å². The minimum Gasteiger partial charge on any atom is -0.508 e. The molecule has 528 valence electrons. The van der Waals surface area contributed by atoms with Crippen molar-refractivity contribution >= 4 is 29.4 Å². The lowest BCUT2D eigenvalue weighted by Gasteiger charge is -2.10. The number of ketones is 1. The number of rotatable bonds is 18. The van der Waals surface area contributed by atoms with Crippen molar-refractivity contribution in [1.29, 1.82) is 5.41 Å². The molecule has 0 radical (unpaired) electrons. The molecule has 0 fully saturated rings. The van der Waals surface area contributed by atoms with Gasteiger partial charge in [-0.05, 0) is 146 Å². The van der Waals surface area contributed by atoms with Crippen LogP contribution >= 0.6 is 11.8 Å². The first-order valence-electron chi connectivity index (χ1n) is 32.1. The standard InChI is InChI=1S/C10H14O.C7H16.C6H10N2.C6H12O.C6H14S.C6H14.C5H12N2.C5H10O2.C5H12O.C4H11N.C4H10O.C4H10.C3H8.3CH4/c1-8(2)7-9-3-5-10(11)6-4-9;1-5-7(4)6(2)3;1-5(2)6-3-7-4-8-6;1-5(2)4-6(3)7;1-6(2)4-5-7-3;1-5(2)6(3)4;2*1-4(2)3-5(6)7;1-4(2)5(3)6;2*1-4(2)3-5;1-4(2)3;1-3-2;;;/h3-6,8,11H,7H2,1-2H3;6-7H,5H2,1-4H3;3-5H,1-2H3,(H,7,8);5H,4H2,1-3H3;6H,4-5H2,1-3H3;5-6H,1-4H3;4H,3H2,1-2H3,(H3,6,7);4H,3H2,1-2H3,(H,6,7);4-6H,1-3H3;4H,3,5H2,1-2H3;4-5H,3H2,1-2H3;4H,1-3H3;3H2,1-2H3;3*1H4. The Morgan fingerprint density at radius 1 is 0.605 bits per heavy atom.